The topological polar surface area (TPSA) is 78.9 Å². The van der Waals surface area contributed by atoms with Gasteiger partial charge < -0.3 is 14.2 Å². The van der Waals surface area contributed by atoms with E-state index in [1.165, 1.54) is 44.9 Å². The number of allylic oxidation sites excluding steroid dienone is 24. The number of unbranched alkanes of at least 4 members (excludes halogenated alkanes) is 13. The smallest absolute Gasteiger partial charge is 0.306 e. The van der Waals surface area contributed by atoms with E-state index >= 15 is 0 Å². The standard InChI is InChI=1S/C57H86O6/c1-4-7-10-13-16-19-22-25-27-28-30-32-35-38-41-44-47-50-56(59)62-53-54(52-61-55(58)49-46-43-40-37-34-31-24-21-18-15-12-9-6-3)63-57(60)51-48-45-42-39-36-33-29-26-23-20-17-14-11-8-5-2/h8-9,11-12,14-15,17-18,20-21,23-27,29-32,34,37-38,40-41,54H,4-7,10,13,16,19,22,28,33,35-36,39,42-53H2,1-3H3/b11-8+,12-9+,17-14+,18-15+,23-20+,24-21+,27-25+,29-26+,32-30+,34-31+,40-37+,41-38+. The Morgan fingerprint density at radius 3 is 1.17 bits per heavy atom. The largest absolute Gasteiger partial charge is 0.462 e. The average molecular weight is 867 g/mol. The maximum absolute atomic E-state index is 12.8. The van der Waals surface area contributed by atoms with Gasteiger partial charge in [-0.2, -0.15) is 0 Å². The summed E-state index contributed by atoms with van der Waals surface area (Å²) in [6.45, 7) is 6.18. The third kappa shape index (κ3) is 48.2. The monoisotopic (exact) mass is 867 g/mol. The van der Waals surface area contributed by atoms with Gasteiger partial charge in [0.25, 0.3) is 0 Å². The van der Waals surface area contributed by atoms with Crippen LogP contribution in [-0.2, 0) is 28.6 Å². The highest BCUT2D eigenvalue weighted by atomic mass is 16.6. The van der Waals surface area contributed by atoms with Crippen molar-refractivity contribution in [3.8, 4) is 0 Å². The second-order valence-electron chi connectivity index (χ2n) is 15.5. The Labute approximate surface area is 385 Å². The van der Waals surface area contributed by atoms with Crippen molar-refractivity contribution in [1.82, 2.24) is 0 Å². The van der Waals surface area contributed by atoms with Crippen LogP contribution in [0.5, 0.6) is 0 Å². The van der Waals surface area contributed by atoms with E-state index in [0.717, 1.165) is 77.0 Å². The van der Waals surface area contributed by atoms with Crippen LogP contribution in [-0.4, -0.2) is 37.2 Å². The number of carbonyl (C=O) groups excluding carboxylic acids is 3. The minimum Gasteiger partial charge on any atom is -0.462 e. The SMILES string of the molecule is CC/C=C/C=C/C=C/C=C/C=C/CCCC(=O)OCC(COC(=O)CCC/C=C/C/C=C/C/C=C/CCCCCCCC)OC(=O)CCCCCCC/C=C/C=C/C=C/C=C/CC. The first-order valence-electron chi connectivity index (χ1n) is 24.5. The number of hydrogen-bond acceptors (Lipinski definition) is 6. The molecule has 0 aromatic heterocycles. The Morgan fingerprint density at radius 2 is 0.698 bits per heavy atom. The third-order valence-corrected chi connectivity index (χ3v) is 9.53. The van der Waals surface area contributed by atoms with Crippen LogP contribution < -0.4 is 0 Å². The van der Waals surface area contributed by atoms with Crippen molar-refractivity contribution in [2.45, 2.75) is 181 Å². The van der Waals surface area contributed by atoms with E-state index in [1.807, 2.05) is 79.0 Å². The van der Waals surface area contributed by atoms with E-state index in [0.29, 0.717) is 12.8 Å². The van der Waals surface area contributed by atoms with Crippen LogP contribution in [0, 0.1) is 0 Å². The van der Waals surface area contributed by atoms with Crippen LogP contribution in [0.3, 0.4) is 0 Å². The molecular weight excluding hydrogens is 781 g/mol. The summed E-state index contributed by atoms with van der Waals surface area (Å²) >= 11 is 0. The Balaban J connectivity index is 4.64. The molecule has 0 N–H and O–H groups in total. The van der Waals surface area contributed by atoms with Gasteiger partial charge in [-0.25, -0.2) is 0 Å². The fraction of sp³-hybridized carbons (Fsp3) is 0.526. The van der Waals surface area contributed by atoms with E-state index in [4.69, 9.17) is 14.2 Å². The normalized spacial score (nSPS) is 13.4. The lowest BCUT2D eigenvalue weighted by atomic mass is 10.1. The number of carbonyl (C=O) groups is 3. The molecule has 0 spiro atoms. The molecule has 0 aliphatic rings. The van der Waals surface area contributed by atoms with Gasteiger partial charge in [-0.1, -0.05) is 218 Å². The minimum absolute atomic E-state index is 0.143. The molecule has 0 fully saturated rings. The number of hydrogen-bond donors (Lipinski definition) is 0. The van der Waals surface area contributed by atoms with Gasteiger partial charge >= 0.3 is 17.9 Å². The van der Waals surface area contributed by atoms with Gasteiger partial charge in [0.2, 0.25) is 0 Å². The Morgan fingerprint density at radius 1 is 0.349 bits per heavy atom. The summed E-state index contributed by atoms with van der Waals surface area (Å²) in [6.07, 6.45) is 71.3. The van der Waals surface area contributed by atoms with Crippen molar-refractivity contribution in [3.63, 3.8) is 0 Å². The highest BCUT2D eigenvalue weighted by Crippen LogP contribution is 2.11. The minimum atomic E-state index is -0.845. The predicted molar refractivity (Wildman–Crippen MR) is 269 cm³/mol. The maximum atomic E-state index is 12.8. The first-order valence-corrected chi connectivity index (χ1v) is 24.5. The van der Waals surface area contributed by atoms with Gasteiger partial charge in [-0.15, -0.1) is 0 Å². The lowest BCUT2D eigenvalue weighted by Gasteiger charge is -2.18. The number of esters is 3. The molecule has 0 rings (SSSR count). The van der Waals surface area contributed by atoms with Gasteiger partial charge in [0.05, 0.1) is 0 Å². The maximum Gasteiger partial charge on any atom is 0.306 e. The van der Waals surface area contributed by atoms with Gasteiger partial charge in [-0.05, 0) is 83.5 Å². The second kappa shape index (κ2) is 49.9. The molecule has 0 aliphatic heterocycles. The van der Waals surface area contributed by atoms with E-state index in [2.05, 4.69) is 87.6 Å². The van der Waals surface area contributed by atoms with E-state index in [9.17, 15) is 14.4 Å². The zero-order valence-electron chi connectivity index (χ0n) is 39.8. The molecule has 0 aliphatic carbocycles. The Hall–Kier alpha value is -4.71. The summed E-state index contributed by atoms with van der Waals surface area (Å²) in [4.78, 5) is 37.9. The Kier molecular flexibility index (Phi) is 46.2. The molecule has 1 unspecified atom stereocenters. The van der Waals surface area contributed by atoms with E-state index < -0.39 is 6.10 Å². The molecule has 1 atom stereocenters. The van der Waals surface area contributed by atoms with Gasteiger partial charge in [0, 0.05) is 19.3 Å². The van der Waals surface area contributed by atoms with Crippen LogP contribution in [0.25, 0.3) is 0 Å². The Bertz CT molecular complexity index is 1460. The van der Waals surface area contributed by atoms with Crippen molar-refractivity contribution in [2.75, 3.05) is 13.2 Å². The van der Waals surface area contributed by atoms with Gasteiger partial charge in [0.1, 0.15) is 13.2 Å². The molecule has 0 aromatic carbocycles. The fourth-order valence-corrected chi connectivity index (χ4v) is 5.91. The second-order valence-corrected chi connectivity index (χ2v) is 15.5. The zero-order valence-corrected chi connectivity index (χ0v) is 39.8. The molecule has 0 aromatic rings. The summed E-state index contributed by atoms with van der Waals surface area (Å²) in [5, 5.41) is 0. The highest BCUT2D eigenvalue weighted by Gasteiger charge is 2.19. The summed E-state index contributed by atoms with van der Waals surface area (Å²) in [7, 11) is 0. The average Bonchev–Trinajstić information content (AvgIpc) is 3.28. The van der Waals surface area contributed by atoms with Gasteiger partial charge in [-0.3, -0.25) is 14.4 Å². The van der Waals surface area contributed by atoms with Gasteiger partial charge in [0.15, 0.2) is 6.10 Å². The molecular formula is C57H86O6. The fourth-order valence-electron chi connectivity index (χ4n) is 5.91. The molecule has 0 heterocycles. The first kappa shape index (κ1) is 58.3. The van der Waals surface area contributed by atoms with Crippen molar-refractivity contribution >= 4 is 17.9 Å². The lowest BCUT2D eigenvalue weighted by molar-refractivity contribution is -0.167. The van der Waals surface area contributed by atoms with Crippen LogP contribution >= 0.6 is 0 Å². The van der Waals surface area contributed by atoms with Crippen LogP contribution in [0.15, 0.2) is 146 Å². The van der Waals surface area contributed by atoms with Crippen molar-refractivity contribution in [2.24, 2.45) is 0 Å². The molecule has 0 saturated heterocycles. The lowest BCUT2D eigenvalue weighted by Crippen LogP contribution is -2.30. The van der Waals surface area contributed by atoms with Crippen LogP contribution in [0.4, 0.5) is 0 Å². The molecule has 6 nitrogen and oxygen atoms in total. The summed E-state index contributed by atoms with van der Waals surface area (Å²) < 4.78 is 16.6. The predicted octanol–water partition coefficient (Wildman–Crippen LogP) is 16.1. The molecule has 0 bridgehead atoms. The number of ether oxygens (including phenoxy) is 3. The van der Waals surface area contributed by atoms with E-state index in [1.54, 1.807) is 0 Å². The molecule has 0 radical (unpaired) electrons. The zero-order chi connectivity index (χ0) is 45.8. The van der Waals surface area contributed by atoms with Crippen LogP contribution in [0.2, 0.25) is 0 Å². The summed E-state index contributed by atoms with van der Waals surface area (Å²) in [5.41, 5.74) is 0. The molecule has 0 amide bonds. The molecule has 63 heavy (non-hydrogen) atoms. The quantitative estimate of drug-likeness (QED) is 0.0200. The van der Waals surface area contributed by atoms with E-state index in [-0.39, 0.29) is 50.4 Å². The van der Waals surface area contributed by atoms with Crippen LogP contribution in [0.1, 0.15) is 175 Å². The third-order valence-electron chi connectivity index (χ3n) is 9.53. The molecule has 0 saturated carbocycles. The molecule has 350 valence electrons. The number of rotatable bonds is 41. The van der Waals surface area contributed by atoms with Crippen molar-refractivity contribution in [1.29, 1.82) is 0 Å². The summed E-state index contributed by atoms with van der Waals surface area (Å²) in [5.74, 6) is -1.10. The van der Waals surface area contributed by atoms with Crippen molar-refractivity contribution in [3.05, 3.63) is 146 Å². The first-order chi connectivity index (χ1) is 31.0. The van der Waals surface area contributed by atoms with Crippen molar-refractivity contribution < 1.29 is 28.6 Å². The molecule has 6 heteroatoms. The highest BCUT2D eigenvalue weighted by molar-refractivity contribution is 5.71. The summed E-state index contributed by atoms with van der Waals surface area (Å²) in [6, 6.07) is 0.